The number of ether oxygens (including phenoxy) is 2. The molecular weight excluding hydrogens is 570 g/mol. The van der Waals surface area contributed by atoms with Gasteiger partial charge in [-0.1, -0.05) is 26.0 Å². The third kappa shape index (κ3) is 13.5. The molecule has 5 amide bonds. The number of hydrogen-bond donors (Lipinski definition) is 4. The van der Waals surface area contributed by atoms with Crippen molar-refractivity contribution in [2.75, 3.05) is 44.7 Å². The largest absolute Gasteiger partial charge is 0.460 e. The maximum atomic E-state index is 12.6. The molecule has 0 radical (unpaired) electrons. The number of anilines is 1. The fraction of sp³-hybridized carbons (Fsp3) is 0.548. The summed E-state index contributed by atoms with van der Waals surface area (Å²) in [5.41, 5.74) is 1.47. The fourth-order valence-electron chi connectivity index (χ4n) is 4.39. The van der Waals surface area contributed by atoms with Crippen LogP contribution in [0.25, 0.3) is 0 Å². The molecule has 0 aliphatic carbocycles. The molecule has 2 aliphatic rings. The van der Waals surface area contributed by atoms with Crippen molar-refractivity contribution in [2.24, 2.45) is 5.92 Å². The number of esters is 1. The average Bonchev–Trinajstić information content (AvgIpc) is 3.26. The van der Waals surface area contributed by atoms with E-state index in [1.165, 1.54) is 17.4 Å². The zero-order chi connectivity index (χ0) is 32.9. The standard InChI is InChI=1S/C25H33N5O6.C6H12O2/c1-17(2)24(28-20(31)9-10-30-22(33)7-8-23(30)34)25(35)26-15-21(32)27-19-5-3-18(4-6-19)16-29-11-13-36-14-12-29;1-5(7)8-6(2,3)4/h3-8,17,24H,9-16H2,1-2H3,(H,26,35)(H,27,32)(H,28,31);1-4H3/p+1. The van der Waals surface area contributed by atoms with Crippen LogP contribution in [0.1, 0.15) is 53.5 Å². The second-order valence-corrected chi connectivity index (χ2v) is 11.9. The summed E-state index contributed by atoms with van der Waals surface area (Å²) in [6, 6.07) is 6.74. The van der Waals surface area contributed by atoms with Crippen LogP contribution in [0.4, 0.5) is 5.69 Å². The Morgan fingerprint density at radius 1 is 0.977 bits per heavy atom. The minimum absolute atomic E-state index is 0.0715. The second kappa shape index (κ2) is 17.3. The van der Waals surface area contributed by atoms with Gasteiger partial charge in [-0.3, -0.25) is 33.7 Å². The van der Waals surface area contributed by atoms with Crippen LogP contribution in [0.2, 0.25) is 0 Å². The first-order valence-corrected chi connectivity index (χ1v) is 14.7. The molecule has 1 aromatic carbocycles. The summed E-state index contributed by atoms with van der Waals surface area (Å²) in [4.78, 5) is 73.1. The lowest BCUT2D eigenvalue weighted by Gasteiger charge is -2.23. The second-order valence-electron chi connectivity index (χ2n) is 11.9. The maximum absolute atomic E-state index is 12.6. The number of imide groups is 1. The van der Waals surface area contributed by atoms with Crippen molar-refractivity contribution >= 4 is 41.2 Å². The first-order valence-electron chi connectivity index (χ1n) is 14.7. The van der Waals surface area contributed by atoms with Crippen LogP contribution in [0.5, 0.6) is 0 Å². The number of morpholine rings is 1. The lowest BCUT2D eigenvalue weighted by Crippen LogP contribution is -3.12. The molecule has 2 aliphatic heterocycles. The summed E-state index contributed by atoms with van der Waals surface area (Å²) in [5, 5.41) is 7.93. The number of hydrogen-bond acceptors (Lipinski definition) is 8. The first kappa shape index (κ1) is 36.1. The number of nitrogens with one attached hydrogen (secondary N) is 4. The molecule has 0 spiro atoms. The van der Waals surface area contributed by atoms with E-state index in [9.17, 15) is 28.8 Å². The first-order chi connectivity index (χ1) is 20.6. The van der Waals surface area contributed by atoms with Crippen molar-refractivity contribution in [3.05, 3.63) is 42.0 Å². The number of carbonyl (C=O) groups excluding carboxylic acids is 6. The SMILES string of the molecule is CC(=O)OC(C)(C)C.CC(C)C(NC(=O)CCN1C(=O)C=CC1=O)C(=O)NCC(=O)Nc1ccc(C[NH+]2CCOCC2)cc1. The van der Waals surface area contributed by atoms with Crippen LogP contribution in [0.15, 0.2) is 36.4 Å². The maximum Gasteiger partial charge on any atom is 0.303 e. The van der Waals surface area contributed by atoms with Gasteiger partial charge in [-0.25, -0.2) is 0 Å². The smallest absolute Gasteiger partial charge is 0.303 e. The zero-order valence-corrected chi connectivity index (χ0v) is 26.5. The van der Waals surface area contributed by atoms with E-state index in [0.29, 0.717) is 5.69 Å². The minimum atomic E-state index is -0.865. The molecule has 4 N–H and O–H groups in total. The minimum Gasteiger partial charge on any atom is -0.460 e. The number of nitrogens with zero attached hydrogens (tertiary/aromatic N) is 1. The Morgan fingerprint density at radius 3 is 2.07 bits per heavy atom. The van der Waals surface area contributed by atoms with Crippen molar-refractivity contribution < 1.29 is 43.1 Å². The van der Waals surface area contributed by atoms with E-state index < -0.39 is 29.7 Å². The van der Waals surface area contributed by atoms with E-state index in [1.54, 1.807) is 13.8 Å². The fourth-order valence-corrected chi connectivity index (χ4v) is 4.39. The van der Waals surface area contributed by atoms with Gasteiger partial charge in [0.05, 0.1) is 19.8 Å². The van der Waals surface area contributed by atoms with E-state index in [-0.39, 0.29) is 42.9 Å². The predicted octanol–water partition coefficient (Wildman–Crippen LogP) is -0.0397. The Kier molecular flexibility index (Phi) is 14.2. The van der Waals surface area contributed by atoms with Crippen LogP contribution in [0, 0.1) is 5.92 Å². The van der Waals surface area contributed by atoms with Crippen molar-refractivity contribution in [3.63, 3.8) is 0 Å². The third-order valence-corrected chi connectivity index (χ3v) is 6.49. The molecule has 2 heterocycles. The Bertz CT molecular complexity index is 1180. The Labute approximate surface area is 258 Å². The summed E-state index contributed by atoms with van der Waals surface area (Å²) in [5.74, 6) is -2.75. The molecule has 1 fully saturated rings. The van der Waals surface area contributed by atoms with Gasteiger partial charge in [-0.05, 0) is 38.8 Å². The number of carbonyl (C=O) groups is 6. The lowest BCUT2D eigenvalue weighted by molar-refractivity contribution is -0.921. The molecule has 1 unspecified atom stereocenters. The van der Waals surface area contributed by atoms with E-state index in [1.807, 2.05) is 45.0 Å². The third-order valence-electron chi connectivity index (χ3n) is 6.49. The highest BCUT2D eigenvalue weighted by Crippen LogP contribution is 2.10. The van der Waals surface area contributed by atoms with Crippen LogP contribution < -0.4 is 20.9 Å². The molecular formula is C31H46N5O8+. The van der Waals surface area contributed by atoms with Gasteiger partial charge in [0, 0.05) is 43.3 Å². The summed E-state index contributed by atoms with van der Waals surface area (Å²) in [6.07, 6.45) is 2.17. The quantitative estimate of drug-likeness (QED) is 0.199. The van der Waals surface area contributed by atoms with E-state index in [2.05, 4.69) is 16.0 Å². The Hall–Kier alpha value is -4.10. The molecule has 0 bridgehead atoms. The van der Waals surface area contributed by atoms with Crippen LogP contribution in [-0.2, 0) is 44.8 Å². The normalized spacial score (nSPS) is 15.8. The molecule has 1 aromatic rings. The van der Waals surface area contributed by atoms with Gasteiger partial charge in [0.25, 0.3) is 11.8 Å². The number of benzene rings is 1. The summed E-state index contributed by atoms with van der Waals surface area (Å²) < 4.78 is 10.2. The number of quaternary nitrogens is 1. The van der Waals surface area contributed by atoms with Crippen molar-refractivity contribution in [1.29, 1.82) is 0 Å². The molecule has 1 saturated heterocycles. The molecule has 13 nitrogen and oxygen atoms in total. The molecule has 1 atom stereocenters. The van der Waals surface area contributed by atoms with Crippen LogP contribution in [0.3, 0.4) is 0 Å². The molecule has 3 rings (SSSR count). The van der Waals surface area contributed by atoms with Crippen molar-refractivity contribution in [2.45, 2.75) is 66.2 Å². The summed E-state index contributed by atoms with van der Waals surface area (Å²) in [6.45, 7) is 14.5. The Balaban J connectivity index is 0.000000742. The number of amides is 5. The monoisotopic (exact) mass is 616 g/mol. The van der Waals surface area contributed by atoms with Crippen molar-refractivity contribution in [1.82, 2.24) is 15.5 Å². The predicted molar refractivity (Wildman–Crippen MR) is 162 cm³/mol. The molecule has 0 aromatic heterocycles. The Morgan fingerprint density at radius 2 is 1.57 bits per heavy atom. The highest BCUT2D eigenvalue weighted by molar-refractivity contribution is 6.13. The summed E-state index contributed by atoms with van der Waals surface area (Å²) >= 11 is 0. The van der Waals surface area contributed by atoms with Gasteiger partial charge in [-0.15, -0.1) is 0 Å². The van der Waals surface area contributed by atoms with Crippen molar-refractivity contribution in [3.8, 4) is 0 Å². The van der Waals surface area contributed by atoms with Gasteiger partial charge < -0.3 is 30.3 Å². The van der Waals surface area contributed by atoms with Crippen LogP contribution in [-0.4, -0.2) is 91.4 Å². The summed E-state index contributed by atoms with van der Waals surface area (Å²) in [7, 11) is 0. The lowest BCUT2D eigenvalue weighted by atomic mass is 10.0. The van der Waals surface area contributed by atoms with E-state index in [0.717, 1.165) is 49.9 Å². The topological polar surface area (TPSA) is 165 Å². The highest BCUT2D eigenvalue weighted by Gasteiger charge is 2.27. The number of rotatable bonds is 11. The molecule has 13 heteroatoms. The van der Waals surface area contributed by atoms with Gasteiger partial charge >= 0.3 is 5.97 Å². The molecule has 0 saturated carbocycles. The van der Waals surface area contributed by atoms with Gasteiger partial charge in [0.15, 0.2) is 0 Å². The zero-order valence-electron chi connectivity index (χ0n) is 26.5. The molecule has 242 valence electrons. The van der Waals surface area contributed by atoms with E-state index in [4.69, 9.17) is 9.47 Å². The van der Waals surface area contributed by atoms with Gasteiger partial charge in [0.2, 0.25) is 17.7 Å². The highest BCUT2D eigenvalue weighted by atomic mass is 16.6. The van der Waals surface area contributed by atoms with Gasteiger partial charge in [0.1, 0.15) is 31.3 Å². The molecule has 44 heavy (non-hydrogen) atoms. The average molecular weight is 617 g/mol. The van der Waals surface area contributed by atoms with Gasteiger partial charge in [-0.2, -0.15) is 0 Å². The van der Waals surface area contributed by atoms with E-state index >= 15 is 0 Å². The van der Waals surface area contributed by atoms with Crippen LogP contribution >= 0.6 is 0 Å².